The van der Waals surface area contributed by atoms with Crippen LogP contribution in [0.15, 0.2) is 48.7 Å². The van der Waals surface area contributed by atoms with Crippen molar-refractivity contribution in [2.75, 3.05) is 5.73 Å². The second-order valence-electron chi connectivity index (χ2n) is 4.10. The molecule has 2 rings (SSSR count). The van der Waals surface area contributed by atoms with E-state index in [2.05, 4.69) is 4.98 Å². The summed E-state index contributed by atoms with van der Waals surface area (Å²) < 4.78 is 0. The van der Waals surface area contributed by atoms with Gasteiger partial charge in [0.15, 0.2) is 5.78 Å². The number of aromatic nitrogens is 1. The van der Waals surface area contributed by atoms with Crippen LogP contribution in [0.2, 0.25) is 0 Å². The Bertz CT molecular complexity index is 540. The van der Waals surface area contributed by atoms with Gasteiger partial charge < -0.3 is 11.5 Å². The highest BCUT2D eigenvalue weighted by molar-refractivity contribution is 6.03. The van der Waals surface area contributed by atoms with E-state index in [1.54, 1.807) is 18.3 Å². The minimum Gasteiger partial charge on any atom is -0.383 e. The Morgan fingerprint density at radius 1 is 1.17 bits per heavy atom. The number of carbonyl (C=O) groups excluding carboxylic acids is 1. The molecule has 4 N–H and O–H groups in total. The summed E-state index contributed by atoms with van der Waals surface area (Å²) in [4.78, 5) is 16.0. The van der Waals surface area contributed by atoms with E-state index in [-0.39, 0.29) is 11.6 Å². The topological polar surface area (TPSA) is 82.0 Å². The number of anilines is 1. The Morgan fingerprint density at radius 3 is 2.56 bits per heavy atom. The molecule has 0 aliphatic carbocycles. The highest BCUT2D eigenvalue weighted by Gasteiger charge is 2.18. The molecule has 0 bridgehead atoms. The molecule has 1 aromatic heterocycles. The van der Waals surface area contributed by atoms with E-state index in [1.165, 1.54) is 0 Å². The SMILES string of the molecule is Nc1ncccc1C(=O)C(N)Cc1ccccc1. The first-order valence-electron chi connectivity index (χ1n) is 5.72. The maximum atomic E-state index is 12.1. The van der Waals surface area contributed by atoms with Crippen LogP contribution in [0.25, 0.3) is 0 Å². The zero-order chi connectivity index (χ0) is 13.0. The first-order valence-corrected chi connectivity index (χ1v) is 5.72. The Hall–Kier alpha value is -2.20. The third-order valence-electron chi connectivity index (χ3n) is 2.74. The van der Waals surface area contributed by atoms with Gasteiger partial charge in [-0.2, -0.15) is 0 Å². The molecule has 1 unspecified atom stereocenters. The van der Waals surface area contributed by atoms with Gasteiger partial charge in [-0.25, -0.2) is 4.98 Å². The minimum atomic E-state index is -0.598. The molecule has 0 amide bonds. The van der Waals surface area contributed by atoms with Crippen LogP contribution in [-0.2, 0) is 6.42 Å². The number of hydrogen-bond donors (Lipinski definition) is 2. The number of nitrogen functional groups attached to an aromatic ring is 1. The summed E-state index contributed by atoms with van der Waals surface area (Å²) in [6.45, 7) is 0. The molecule has 2 aromatic rings. The second kappa shape index (κ2) is 5.42. The smallest absolute Gasteiger partial charge is 0.183 e. The third kappa shape index (κ3) is 2.73. The van der Waals surface area contributed by atoms with Gasteiger partial charge in [0.1, 0.15) is 5.82 Å². The number of benzene rings is 1. The highest BCUT2D eigenvalue weighted by atomic mass is 16.1. The van der Waals surface area contributed by atoms with Crippen LogP contribution >= 0.6 is 0 Å². The molecular weight excluding hydrogens is 226 g/mol. The number of nitrogens with two attached hydrogens (primary N) is 2. The van der Waals surface area contributed by atoms with Gasteiger partial charge in [-0.3, -0.25) is 4.79 Å². The summed E-state index contributed by atoms with van der Waals surface area (Å²) in [5.41, 5.74) is 13.0. The van der Waals surface area contributed by atoms with Gasteiger partial charge in [-0.05, 0) is 24.1 Å². The van der Waals surface area contributed by atoms with Gasteiger partial charge in [0.05, 0.1) is 11.6 Å². The lowest BCUT2D eigenvalue weighted by molar-refractivity contribution is 0.0961. The predicted molar refractivity (Wildman–Crippen MR) is 71.1 cm³/mol. The molecule has 1 heterocycles. The number of hydrogen-bond acceptors (Lipinski definition) is 4. The van der Waals surface area contributed by atoms with Crippen molar-refractivity contribution >= 4 is 11.6 Å². The molecule has 4 nitrogen and oxygen atoms in total. The highest BCUT2D eigenvalue weighted by Crippen LogP contribution is 2.12. The van der Waals surface area contributed by atoms with E-state index in [1.807, 2.05) is 30.3 Å². The second-order valence-corrected chi connectivity index (χ2v) is 4.10. The average molecular weight is 241 g/mol. The Morgan fingerprint density at radius 2 is 1.89 bits per heavy atom. The van der Waals surface area contributed by atoms with Crippen LogP contribution < -0.4 is 11.5 Å². The van der Waals surface area contributed by atoms with E-state index in [0.29, 0.717) is 12.0 Å². The van der Waals surface area contributed by atoms with E-state index in [4.69, 9.17) is 11.5 Å². The van der Waals surface area contributed by atoms with Crippen molar-refractivity contribution in [3.8, 4) is 0 Å². The lowest BCUT2D eigenvalue weighted by Crippen LogP contribution is -2.33. The maximum Gasteiger partial charge on any atom is 0.183 e. The third-order valence-corrected chi connectivity index (χ3v) is 2.74. The quantitative estimate of drug-likeness (QED) is 0.793. The van der Waals surface area contributed by atoms with E-state index >= 15 is 0 Å². The van der Waals surface area contributed by atoms with Crippen LogP contribution in [0.3, 0.4) is 0 Å². The van der Waals surface area contributed by atoms with Crippen LogP contribution in [-0.4, -0.2) is 16.8 Å². The average Bonchev–Trinajstić information content (AvgIpc) is 2.39. The molecule has 0 spiro atoms. The fourth-order valence-corrected chi connectivity index (χ4v) is 1.79. The molecule has 4 heteroatoms. The van der Waals surface area contributed by atoms with Crippen molar-refractivity contribution in [1.82, 2.24) is 4.98 Å². The maximum absolute atomic E-state index is 12.1. The van der Waals surface area contributed by atoms with E-state index in [0.717, 1.165) is 5.56 Å². The standard InChI is InChI=1S/C14H15N3O/c15-12(9-10-5-2-1-3-6-10)13(18)11-7-4-8-17-14(11)16/h1-8,12H,9,15H2,(H2,16,17). The zero-order valence-corrected chi connectivity index (χ0v) is 9.91. The van der Waals surface area contributed by atoms with Crippen molar-refractivity contribution in [3.63, 3.8) is 0 Å². The molecule has 0 saturated carbocycles. The monoisotopic (exact) mass is 241 g/mol. The minimum absolute atomic E-state index is 0.176. The van der Waals surface area contributed by atoms with Crippen molar-refractivity contribution in [3.05, 3.63) is 59.8 Å². The molecule has 0 aliphatic rings. The van der Waals surface area contributed by atoms with Gasteiger partial charge in [0.2, 0.25) is 0 Å². The van der Waals surface area contributed by atoms with Gasteiger partial charge >= 0.3 is 0 Å². The van der Waals surface area contributed by atoms with Gasteiger partial charge in [0, 0.05) is 6.20 Å². The zero-order valence-electron chi connectivity index (χ0n) is 9.91. The van der Waals surface area contributed by atoms with Crippen LogP contribution in [0.1, 0.15) is 15.9 Å². The normalized spacial score (nSPS) is 12.1. The van der Waals surface area contributed by atoms with E-state index in [9.17, 15) is 4.79 Å². The molecule has 1 aromatic carbocycles. The number of carbonyl (C=O) groups is 1. The summed E-state index contributed by atoms with van der Waals surface area (Å²) in [7, 11) is 0. The first-order chi connectivity index (χ1) is 8.68. The lowest BCUT2D eigenvalue weighted by atomic mass is 9.99. The van der Waals surface area contributed by atoms with Crippen molar-refractivity contribution < 1.29 is 4.79 Å². The first kappa shape index (κ1) is 12.3. The molecule has 0 aliphatic heterocycles. The molecular formula is C14H15N3O. The Kier molecular flexibility index (Phi) is 3.69. The molecule has 1 atom stereocenters. The number of nitrogens with zero attached hydrogens (tertiary/aromatic N) is 1. The molecule has 0 fully saturated rings. The number of Topliss-reactive ketones (excluding diaryl/α,β-unsaturated/α-hetero) is 1. The number of pyridine rings is 1. The van der Waals surface area contributed by atoms with Gasteiger partial charge in [-0.15, -0.1) is 0 Å². The Labute approximate surface area is 106 Å². The summed E-state index contributed by atoms with van der Waals surface area (Å²) >= 11 is 0. The predicted octanol–water partition coefficient (Wildman–Crippen LogP) is 1.42. The summed E-state index contributed by atoms with van der Waals surface area (Å²) in [5, 5.41) is 0. The van der Waals surface area contributed by atoms with Crippen molar-refractivity contribution in [2.24, 2.45) is 5.73 Å². The molecule has 0 radical (unpaired) electrons. The summed E-state index contributed by atoms with van der Waals surface area (Å²) in [6, 6.07) is 12.4. The molecule has 92 valence electrons. The van der Waals surface area contributed by atoms with Crippen LogP contribution in [0.5, 0.6) is 0 Å². The number of rotatable bonds is 4. The number of ketones is 1. The van der Waals surface area contributed by atoms with Gasteiger partial charge in [-0.1, -0.05) is 30.3 Å². The lowest BCUT2D eigenvalue weighted by Gasteiger charge is -2.11. The Balaban J connectivity index is 2.13. The molecule has 0 saturated heterocycles. The van der Waals surface area contributed by atoms with E-state index < -0.39 is 6.04 Å². The largest absolute Gasteiger partial charge is 0.383 e. The van der Waals surface area contributed by atoms with Crippen molar-refractivity contribution in [1.29, 1.82) is 0 Å². The fraction of sp³-hybridized carbons (Fsp3) is 0.143. The van der Waals surface area contributed by atoms with Crippen LogP contribution in [0, 0.1) is 0 Å². The van der Waals surface area contributed by atoms with Crippen molar-refractivity contribution in [2.45, 2.75) is 12.5 Å². The van der Waals surface area contributed by atoms with Gasteiger partial charge in [0.25, 0.3) is 0 Å². The fourth-order valence-electron chi connectivity index (χ4n) is 1.79. The summed E-state index contributed by atoms with van der Waals surface area (Å²) in [5.74, 6) is 0.0514. The summed E-state index contributed by atoms with van der Waals surface area (Å²) in [6.07, 6.45) is 2.04. The molecule has 18 heavy (non-hydrogen) atoms. The van der Waals surface area contributed by atoms with Crippen LogP contribution in [0.4, 0.5) is 5.82 Å².